The summed E-state index contributed by atoms with van der Waals surface area (Å²) in [6, 6.07) is 7.78. The second kappa shape index (κ2) is 6.98. The minimum atomic E-state index is -0.466. The Bertz CT molecular complexity index is 625. The molecule has 0 amide bonds. The number of halogens is 3. The van der Waals surface area contributed by atoms with Crippen molar-refractivity contribution < 1.29 is 13.9 Å². The number of hydrogen-bond acceptors (Lipinski definition) is 3. The molecule has 21 heavy (non-hydrogen) atoms. The maximum Gasteiger partial charge on any atom is 0.166 e. The van der Waals surface area contributed by atoms with Crippen molar-refractivity contribution in [2.75, 3.05) is 7.11 Å². The van der Waals surface area contributed by atoms with E-state index in [1.807, 2.05) is 0 Å². The Labute approximate surface area is 132 Å². The van der Waals surface area contributed by atoms with Gasteiger partial charge in [-0.15, -0.1) is 0 Å². The van der Waals surface area contributed by atoms with Crippen LogP contribution in [0.3, 0.4) is 0 Å². The third kappa shape index (κ3) is 3.79. The monoisotopic (exact) mass is 329 g/mol. The van der Waals surface area contributed by atoms with E-state index in [9.17, 15) is 4.39 Å². The predicted octanol–water partition coefficient (Wildman–Crippen LogP) is 4.18. The third-order valence-corrected chi connectivity index (χ3v) is 3.41. The van der Waals surface area contributed by atoms with Crippen molar-refractivity contribution >= 4 is 23.2 Å². The average molecular weight is 330 g/mol. The van der Waals surface area contributed by atoms with Gasteiger partial charge in [0.1, 0.15) is 12.4 Å². The molecule has 2 aromatic rings. The first-order valence-corrected chi connectivity index (χ1v) is 6.94. The molecule has 0 atom stereocenters. The van der Waals surface area contributed by atoms with Gasteiger partial charge in [-0.05, 0) is 23.8 Å². The summed E-state index contributed by atoms with van der Waals surface area (Å²) in [5.74, 6) is 0.549. The Hall–Kier alpha value is -1.49. The van der Waals surface area contributed by atoms with Gasteiger partial charge >= 0.3 is 0 Å². The van der Waals surface area contributed by atoms with Gasteiger partial charge in [0.05, 0.1) is 12.1 Å². The first kappa shape index (κ1) is 15.9. The van der Waals surface area contributed by atoms with Crippen LogP contribution < -0.4 is 15.2 Å². The Morgan fingerprint density at radius 1 is 1.19 bits per heavy atom. The highest BCUT2D eigenvalue weighted by molar-refractivity contribution is 6.31. The average Bonchev–Trinajstić information content (AvgIpc) is 2.48. The highest BCUT2D eigenvalue weighted by Crippen LogP contribution is 2.35. The number of hydrogen-bond donors (Lipinski definition) is 1. The minimum absolute atomic E-state index is 0.0539. The molecule has 0 aliphatic rings. The Balaban J connectivity index is 2.24. The molecule has 112 valence electrons. The van der Waals surface area contributed by atoms with Crippen LogP contribution in [0.2, 0.25) is 10.0 Å². The SMILES string of the molecule is COc1cc(Cl)cc(CN)c1OCc1ccc(F)c(Cl)c1. The molecule has 0 aromatic heterocycles. The first-order valence-electron chi connectivity index (χ1n) is 6.18. The maximum atomic E-state index is 13.1. The standard InChI is InChI=1S/C15H14Cl2FNO2/c1-20-14-6-11(16)5-10(7-19)15(14)21-8-9-2-3-13(18)12(17)4-9/h2-6H,7-8,19H2,1H3. The molecule has 0 heterocycles. The molecule has 3 nitrogen and oxygen atoms in total. The highest BCUT2D eigenvalue weighted by atomic mass is 35.5. The van der Waals surface area contributed by atoms with Gasteiger partial charge in [0.25, 0.3) is 0 Å². The number of benzene rings is 2. The highest BCUT2D eigenvalue weighted by Gasteiger charge is 2.12. The second-order valence-electron chi connectivity index (χ2n) is 4.34. The molecule has 0 saturated heterocycles. The summed E-state index contributed by atoms with van der Waals surface area (Å²) in [6.07, 6.45) is 0. The number of rotatable bonds is 5. The lowest BCUT2D eigenvalue weighted by Crippen LogP contribution is -2.05. The van der Waals surface area contributed by atoms with E-state index in [0.29, 0.717) is 16.5 Å². The number of ether oxygens (including phenoxy) is 2. The van der Waals surface area contributed by atoms with E-state index in [2.05, 4.69) is 0 Å². The third-order valence-electron chi connectivity index (χ3n) is 2.90. The molecule has 0 aliphatic heterocycles. The summed E-state index contributed by atoms with van der Waals surface area (Å²) < 4.78 is 24.1. The van der Waals surface area contributed by atoms with Gasteiger partial charge in [-0.1, -0.05) is 29.3 Å². The largest absolute Gasteiger partial charge is 0.493 e. The van der Waals surface area contributed by atoms with Crippen LogP contribution in [-0.4, -0.2) is 7.11 Å². The summed E-state index contributed by atoms with van der Waals surface area (Å²) in [7, 11) is 1.52. The maximum absolute atomic E-state index is 13.1. The van der Waals surface area contributed by atoms with Crippen LogP contribution in [0.4, 0.5) is 4.39 Å². The van der Waals surface area contributed by atoms with Gasteiger partial charge in [0.2, 0.25) is 0 Å². The van der Waals surface area contributed by atoms with E-state index >= 15 is 0 Å². The van der Waals surface area contributed by atoms with Crippen LogP contribution >= 0.6 is 23.2 Å². The van der Waals surface area contributed by atoms with Crippen molar-refractivity contribution in [3.63, 3.8) is 0 Å². The van der Waals surface area contributed by atoms with E-state index in [1.165, 1.54) is 19.2 Å². The topological polar surface area (TPSA) is 44.5 Å². The van der Waals surface area contributed by atoms with Crippen LogP contribution in [0.1, 0.15) is 11.1 Å². The molecule has 0 spiro atoms. The van der Waals surface area contributed by atoms with Crippen molar-refractivity contribution in [1.29, 1.82) is 0 Å². The minimum Gasteiger partial charge on any atom is -0.493 e. The quantitative estimate of drug-likeness (QED) is 0.894. The summed E-state index contributed by atoms with van der Waals surface area (Å²) in [5, 5.41) is 0.572. The van der Waals surface area contributed by atoms with E-state index in [4.69, 9.17) is 38.4 Å². The van der Waals surface area contributed by atoms with Crippen LogP contribution in [0.25, 0.3) is 0 Å². The lowest BCUT2D eigenvalue weighted by Gasteiger charge is -2.15. The van der Waals surface area contributed by atoms with Gasteiger partial charge < -0.3 is 15.2 Å². The molecule has 0 saturated carbocycles. The first-order chi connectivity index (χ1) is 10.0. The van der Waals surface area contributed by atoms with Crippen molar-refractivity contribution in [2.24, 2.45) is 5.73 Å². The molecule has 2 N–H and O–H groups in total. The fourth-order valence-electron chi connectivity index (χ4n) is 1.87. The molecule has 0 aliphatic carbocycles. The smallest absolute Gasteiger partial charge is 0.166 e. The Morgan fingerprint density at radius 3 is 2.57 bits per heavy atom. The van der Waals surface area contributed by atoms with E-state index in [-0.39, 0.29) is 18.2 Å². The van der Waals surface area contributed by atoms with Crippen LogP contribution in [0, 0.1) is 5.82 Å². The van der Waals surface area contributed by atoms with Crippen molar-refractivity contribution in [2.45, 2.75) is 13.2 Å². The fraction of sp³-hybridized carbons (Fsp3) is 0.200. The van der Waals surface area contributed by atoms with E-state index in [1.54, 1.807) is 18.2 Å². The zero-order valence-corrected chi connectivity index (χ0v) is 12.8. The number of methoxy groups -OCH3 is 1. The van der Waals surface area contributed by atoms with Gasteiger partial charge in [-0.2, -0.15) is 0 Å². The summed E-state index contributed by atoms with van der Waals surface area (Å²) >= 11 is 11.7. The van der Waals surface area contributed by atoms with Crippen LogP contribution in [0.15, 0.2) is 30.3 Å². The molecule has 0 radical (unpaired) electrons. The van der Waals surface area contributed by atoms with Gasteiger partial charge in [0.15, 0.2) is 11.5 Å². The molecule has 0 unspecified atom stereocenters. The normalized spacial score (nSPS) is 10.5. The molecule has 2 rings (SSSR count). The number of nitrogens with two attached hydrogens (primary N) is 1. The Morgan fingerprint density at radius 2 is 1.95 bits per heavy atom. The predicted molar refractivity (Wildman–Crippen MR) is 81.6 cm³/mol. The summed E-state index contributed by atoms with van der Waals surface area (Å²) in [5.41, 5.74) is 7.16. The van der Waals surface area contributed by atoms with Gasteiger partial charge in [0, 0.05) is 23.2 Å². The zero-order chi connectivity index (χ0) is 15.4. The zero-order valence-electron chi connectivity index (χ0n) is 11.3. The van der Waals surface area contributed by atoms with Crippen molar-refractivity contribution in [3.8, 4) is 11.5 Å². The molecular weight excluding hydrogens is 316 g/mol. The van der Waals surface area contributed by atoms with E-state index in [0.717, 1.165) is 11.1 Å². The van der Waals surface area contributed by atoms with Crippen molar-refractivity contribution in [3.05, 3.63) is 57.3 Å². The molecule has 6 heteroatoms. The lowest BCUT2D eigenvalue weighted by atomic mass is 10.2. The second-order valence-corrected chi connectivity index (χ2v) is 5.18. The van der Waals surface area contributed by atoms with Crippen LogP contribution in [0.5, 0.6) is 11.5 Å². The van der Waals surface area contributed by atoms with Crippen molar-refractivity contribution in [1.82, 2.24) is 0 Å². The molecule has 2 aromatic carbocycles. The van der Waals surface area contributed by atoms with Gasteiger partial charge in [-0.3, -0.25) is 0 Å². The van der Waals surface area contributed by atoms with E-state index < -0.39 is 5.82 Å². The van der Waals surface area contributed by atoms with Crippen LogP contribution in [-0.2, 0) is 13.2 Å². The van der Waals surface area contributed by atoms with Gasteiger partial charge in [-0.25, -0.2) is 4.39 Å². The molecule has 0 bridgehead atoms. The molecular formula is C15H14Cl2FNO2. The molecule has 0 fully saturated rings. The Kier molecular flexibility index (Phi) is 5.28. The summed E-state index contributed by atoms with van der Waals surface area (Å²) in [4.78, 5) is 0. The summed E-state index contributed by atoms with van der Waals surface area (Å²) in [6.45, 7) is 0.474. The fourth-order valence-corrected chi connectivity index (χ4v) is 2.31. The lowest BCUT2D eigenvalue weighted by molar-refractivity contribution is 0.281.